The number of carbonyl (C=O) groups is 6. The lowest BCUT2D eigenvalue weighted by atomic mass is 9.83. The second-order valence-electron chi connectivity index (χ2n) is 20.7. The van der Waals surface area contributed by atoms with E-state index in [1.54, 1.807) is 59.2 Å². The highest BCUT2D eigenvalue weighted by Gasteiger charge is 2.64. The fourth-order valence-corrected chi connectivity index (χ4v) is 9.38. The third kappa shape index (κ3) is 14.5. The monoisotopic (exact) mass is 1050 g/mol. The molecule has 0 aliphatic carbocycles. The van der Waals surface area contributed by atoms with E-state index in [1.807, 2.05) is 82.3 Å². The van der Waals surface area contributed by atoms with Gasteiger partial charge in [0.15, 0.2) is 5.72 Å². The molecule has 0 aromatic heterocycles. The summed E-state index contributed by atoms with van der Waals surface area (Å²) in [4.78, 5) is 79.9. The van der Waals surface area contributed by atoms with Crippen LogP contribution in [0.15, 0.2) is 84.5 Å². The summed E-state index contributed by atoms with van der Waals surface area (Å²) in [6.07, 6.45) is 1.79. The summed E-state index contributed by atoms with van der Waals surface area (Å²) < 4.78 is 36.1. The van der Waals surface area contributed by atoms with Gasteiger partial charge in [0.25, 0.3) is 0 Å². The van der Waals surface area contributed by atoms with E-state index < -0.39 is 89.6 Å². The van der Waals surface area contributed by atoms with Gasteiger partial charge < -0.3 is 65.8 Å². The number of carbonyl (C=O) groups excluding carboxylic acids is 6. The second-order valence-corrected chi connectivity index (χ2v) is 20.7. The van der Waals surface area contributed by atoms with E-state index in [0.717, 1.165) is 22.3 Å². The molecule has 3 aliphatic heterocycles. The van der Waals surface area contributed by atoms with Crippen molar-refractivity contribution < 1.29 is 62.3 Å². The first-order valence-electron chi connectivity index (χ1n) is 25.6. The molecule has 2 saturated heterocycles. The van der Waals surface area contributed by atoms with E-state index in [-0.39, 0.29) is 44.2 Å². The highest BCUT2D eigenvalue weighted by atomic mass is 16.7. The van der Waals surface area contributed by atoms with Gasteiger partial charge in [0.1, 0.15) is 48.1 Å². The van der Waals surface area contributed by atoms with Crippen LogP contribution in [0.2, 0.25) is 0 Å². The number of methoxy groups -OCH3 is 2. The maximum atomic E-state index is 14.7. The number of hydrogen-bond acceptors (Lipinski definition) is 14. The molecule has 3 heterocycles. The summed E-state index contributed by atoms with van der Waals surface area (Å²) in [5.74, 6) is -1.90. The number of fused-ring (bicyclic) bond motifs is 5. The SMILES string of the molecule is COc1cc2cc(c1-c1ccc(OCc3ccc(NC(=O)[C@H](CCCNC(N)=O)NC(=O)[C@@H](N)C(C)C)cc3)cc1)N(C)C(=O)C[C@H](OC(=O)C(C)C)[C@]1(C)O[C@H]1[C@H](C)[C@@H]1C[C@@](O)(NC(=O)O1)[C@H](OC)/C=C/C=C(\C)C2. The van der Waals surface area contributed by atoms with Crippen molar-refractivity contribution in [3.05, 3.63) is 95.6 Å². The van der Waals surface area contributed by atoms with Crippen molar-refractivity contribution in [1.82, 2.24) is 16.0 Å². The average molecular weight is 1050 g/mol. The van der Waals surface area contributed by atoms with Crippen molar-refractivity contribution in [1.29, 1.82) is 0 Å². The maximum absolute atomic E-state index is 14.7. The Balaban J connectivity index is 1.25. The normalized spacial score (nSPS) is 25.6. The number of rotatable bonds is 17. The molecule has 0 spiro atoms. The number of nitrogens with zero attached hydrogens (tertiary/aromatic N) is 1. The molecule has 0 radical (unpaired) electrons. The number of hydrogen-bond donors (Lipinski definition) is 7. The van der Waals surface area contributed by atoms with E-state index in [2.05, 4.69) is 21.3 Å². The Bertz CT molecular complexity index is 2640. The summed E-state index contributed by atoms with van der Waals surface area (Å²) in [5.41, 5.74) is 13.2. The Kier molecular flexibility index (Phi) is 19.3. The van der Waals surface area contributed by atoms with Gasteiger partial charge in [-0.25, -0.2) is 9.59 Å². The summed E-state index contributed by atoms with van der Waals surface area (Å²) in [6.45, 7) is 13.0. The Hall–Kier alpha value is -7.00. The first kappa shape index (κ1) is 58.3. The zero-order chi connectivity index (χ0) is 55.6. The molecule has 4 bridgehead atoms. The van der Waals surface area contributed by atoms with Gasteiger partial charge in [-0.2, -0.15) is 0 Å². The van der Waals surface area contributed by atoms with Crippen molar-refractivity contribution in [2.24, 2.45) is 29.2 Å². The van der Waals surface area contributed by atoms with Crippen LogP contribution in [-0.2, 0) is 51.2 Å². The molecule has 0 saturated carbocycles. The summed E-state index contributed by atoms with van der Waals surface area (Å²) >= 11 is 0. The van der Waals surface area contributed by atoms with Gasteiger partial charge in [0, 0.05) is 44.3 Å². The Labute approximate surface area is 444 Å². The molecular weight excluding hydrogens is 979 g/mol. The average Bonchev–Trinajstić information content (AvgIpc) is 4.08. The van der Waals surface area contributed by atoms with Crippen molar-refractivity contribution in [2.45, 2.75) is 135 Å². The molecule has 0 unspecified atom stereocenters. The molecule has 3 aromatic carbocycles. The molecule has 3 aromatic rings. The zero-order valence-electron chi connectivity index (χ0n) is 45.1. The Morgan fingerprint density at radius 2 is 1.70 bits per heavy atom. The summed E-state index contributed by atoms with van der Waals surface area (Å²) in [5, 5.41) is 22.5. The Morgan fingerprint density at radius 1 is 1.00 bits per heavy atom. The number of primary amides is 1. The van der Waals surface area contributed by atoms with Crippen LogP contribution in [0.3, 0.4) is 0 Å². The van der Waals surface area contributed by atoms with Crippen LogP contribution in [0.1, 0.15) is 85.3 Å². The fourth-order valence-electron chi connectivity index (χ4n) is 9.38. The summed E-state index contributed by atoms with van der Waals surface area (Å²) in [6, 6.07) is 15.9. The van der Waals surface area contributed by atoms with E-state index in [4.69, 9.17) is 39.9 Å². The topological polar surface area (TPSA) is 285 Å². The fraction of sp³-hybridized carbons (Fsp3) is 0.500. The lowest BCUT2D eigenvalue weighted by Crippen LogP contribution is -2.63. The number of nitrogens with two attached hydrogens (primary N) is 2. The molecule has 20 heteroatoms. The van der Waals surface area contributed by atoms with Crippen LogP contribution in [0, 0.1) is 17.8 Å². The molecule has 9 N–H and O–H groups in total. The molecule has 6 rings (SSSR count). The molecule has 9 atom stereocenters. The predicted molar refractivity (Wildman–Crippen MR) is 285 cm³/mol. The first-order valence-corrected chi connectivity index (χ1v) is 25.6. The number of aliphatic hydroxyl groups is 1. The van der Waals surface area contributed by atoms with Crippen molar-refractivity contribution >= 4 is 47.2 Å². The number of anilines is 2. The quantitative estimate of drug-likeness (QED) is 0.0480. The minimum Gasteiger partial charge on any atom is -0.496 e. The van der Waals surface area contributed by atoms with Crippen LogP contribution in [0.5, 0.6) is 11.5 Å². The van der Waals surface area contributed by atoms with Crippen LogP contribution >= 0.6 is 0 Å². The molecule has 2 fully saturated rings. The highest BCUT2D eigenvalue weighted by Crippen LogP contribution is 2.49. The minimum atomic E-state index is -1.83. The number of nitrogens with one attached hydrogen (secondary N) is 4. The van der Waals surface area contributed by atoms with Crippen LogP contribution in [0.4, 0.5) is 21.0 Å². The first-order chi connectivity index (χ1) is 36.0. The lowest BCUT2D eigenvalue weighted by molar-refractivity contribution is -0.157. The molecule has 3 aliphatic rings. The van der Waals surface area contributed by atoms with Gasteiger partial charge in [-0.05, 0) is 92.1 Å². The van der Waals surface area contributed by atoms with E-state index >= 15 is 0 Å². The van der Waals surface area contributed by atoms with Gasteiger partial charge in [-0.15, -0.1) is 0 Å². The number of benzene rings is 3. The smallest absolute Gasteiger partial charge is 0.409 e. The largest absolute Gasteiger partial charge is 0.496 e. The van der Waals surface area contributed by atoms with E-state index in [1.165, 1.54) is 12.0 Å². The second kappa shape index (κ2) is 25.2. The third-order valence-electron chi connectivity index (χ3n) is 14.1. The zero-order valence-corrected chi connectivity index (χ0v) is 45.1. The number of esters is 1. The molecule has 6 amide bonds. The molecular formula is C56H75N7O13. The van der Waals surface area contributed by atoms with Gasteiger partial charge >= 0.3 is 18.1 Å². The summed E-state index contributed by atoms with van der Waals surface area (Å²) in [7, 11) is 4.66. The number of ether oxygens (including phenoxy) is 6. The number of amides is 6. The van der Waals surface area contributed by atoms with Crippen LogP contribution in [0.25, 0.3) is 11.1 Å². The van der Waals surface area contributed by atoms with Crippen LogP contribution < -0.4 is 47.1 Å². The molecule has 20 nitrogen and oxygen atoms in total. The van der Waals surface area contributed by atoms with Crippen LogP contribution in [-0.4, -0.2) is 117 Å². The number of allylic oxidation sites excluding steroid dienone is 3. The molecule has 412 valence electrons. The Morgan fingerprint density at radius 3 is 2.33 bits per heavy atom. The number of alkyl carbamates (subject to hydrolysis) is 1. The van der Waals surface area contributed by atoms with Gasteiger partial charge in [0.2, 0.25) is 17.7 Å². The van der Waals surface area contributed by atoms with Gasteiger partial charge in [-0.1, -0.05) is 82.7 Å². The highest BCUT2D eigenvalue weighted by molar-refractivity contribution is 6.00. The molecule has 76 heavy (non-hydrogen) atoms. The van der Waals surface area contributed by atoms with Crippen molar-refractivity contribution in [2.75, 3.05) is 38.0 Å². The van der Waals surface area contributed by atoms with E-state index in [9.17, 15) is 33.9 Å². The number of urea groups is 1. The number of epoxide rings is 1. The third-order valence-corrected chi connectivity index (χ3v) is 14.1. The predicted octanol–water partition coefficient (Wildman–Crippen LogP) is 5.77. The maximum Gasteiger partial charge on any atom is 0.409 e. The van der Waals surface area contributed by atoms with Gasteiger partial charge in [-0.3, -0.25) is 24.5 Å². The lowest BCUT2D eigenvalue weighted by Gasteiger charge is -2.42. The standard InChI is InChI=1S/C56H75N7O13/c1-31(2)48(57)51(66)61-40(14-12-24-59-53(58)68)50(65)60-38-20-16-35(17-21-38)30-73-39-22-18-37(19-23-39)47-41-26-36(27-42(47)71-9)25-33(5)13-11-15-44(72-10)56(70)29-43(74-54(69)62-56)34(6)49-55(7,76-49)45(28-46(64)63(41)8)75-52(67)32(3)4/h11,13,15-23,26-27,31-32,34,40,43-45,48-49,70H,12,14,24-25,28-30,57H2,1-10H3,(H,60,65)(H,61,66)(H,62,69)(H3,58,59,68)/b15-11+,33-13+/t34-,40+,43+,44-,45+,48+,49+,55+,56+/m1/s1. The van der Waals surface area contributed by atoms with E-state index in [0.29, 0.717) is 41.3 Å². The van der Waals surface area contributed by atoms with Crippen molar-refractivity contribution in [3.63, 3.8) is 0 Å². The van der Waals surface area contributed by atoms with Gasteiger partial charge in [0.05, 0.1) is 37.3 Å². The van der Waals surface area contributed by atoms with Crippen molar-refractivity contribution in [3.8, 4) is 22.6 Å². The minimum absolute atomic E-state index is 0.0405.